The molecule has 1 atom stereocenters. The van der Waals surface area contributed by atoms with E-state index in [2.05, 4.69) is 65.1 Å². The fraction of sp³-hybridized carbons (Fsp3) is 0.647. The summed E-state index contributed by atoms with van der Waals surface area (Å²) in [5.41, 5.74) is 7.95. The standard InChI is InChI=1S/C17H28BrN3/c1-20(2)17(10-6-11-17)13-21(3)12-9-16(19)14-7-4-5-8-15(14)18/h4-5,7-8,16H,6,9-13,19H2,1-3H3. The molecule has 1 aliphatic carbocycles. The van der Waals surface area contributed by atoms with Gasteiger partial charge in [0, 0.05) is 22.6 Å². The Morgan fingerprint density at radius 3 is 2.43 bits per heavy atom. The van der Waals surface area contributed by atoms with Crippen LogP contribution in [0, 0.1) is 0 Å². The average Bonchev–Trinajstić information content (AvgIpc) is 2.40. The highest BCUT2D eigenvalue weighted by molar-refractivity contribution is 9.10. The van der Waals surface area contributed by atoms with E-state index in [0.29, 0.717) is 5.54 Å². The van der Waals surface area contributed by atoms with Crippen molar-refractivity contribution < 1.29 is 0 Å². The smallest absolute Gasteiger partial charge is 0.0330 e. The van der Waals surface area contributed by atoms with Crippen molar-refractivity contribution in [3.05, 3.63) is 34.3 Å². The van der Waals surface area contributed by atoms with Crippen molar-refractivity contribution in [3.8, 4) is 0 Å². The van der Waals surface area contributed by atoms with Gasteiger partial charge < -0.3 is 15.5 Å². The van der Waals surface area contributed by atoms with Crippen molar-refractivity contribution in [2.75, 3.05) is 34.2 Å². The van der Waals surface area contributed by atoms with Crippen LogP contribution in [0.5, 0.6) is 0 Å². The summed E-state index contributed by atoms with van der Waals surface area (Å²) in [4.78, 5) is 4.84. The Bertz CT molecular complexity index is 457. The van der Waals surface area contributed by atoms with Gasteiger partial charge in [-0.1, -0.05) is 34.1 Å². The molecular weight excluding hydrogens is 326 g/mol. The first-order valence-corrected chi connectivity index (χ1v) is 8.60. The lowest BCUT2D eigenvalue weighted by molar-refractivity contribution is 0.0272. The van der Waals surface area contributed by atoms with E-state index >= 15 is 0 Å². The predicted molar refractivity (Wildman–Crippen MR) is 93.5 cm³/mol. The minimum atomic E-state index is 0.0970. The van der Waals surface area contributed by atoms with Crippen LogP contribution >= 0.6 is 15.9 Å². The number of hydrogen-bond donors (Lipinski definition) is 1. The van der Waals surface area contributed by atoms with E-state index in [-0.39, 0.29) is 6.04 Å². The molecule has 1 fully saturated rings. The Hall–Kier alpha value is -0.420. The van der Waals surface area contributed by atoms with Crippen LogP contribution in [0.15, 0.2) is 28.7 Å². The van der Waals surface area contributed by atoms with Gasteiger partial charge in [-0.25, -0.2) is 0 Å². The summed E-state index contributed by atoms with van der Waals surface area (Å²) >= 11 is 3.59. The summed E-state index contributed by atoms with van der Waals surface area (Å²) in [5, 5.41) is 0. The molecule has 1 saturated carbocycles. The zero-order chi connectivity index (χ0) is 15.5. The molecule has 1 unspecified atom stereocenters. The first-order chi connectivity index (χ1) is 9.94. The fourth-order valence-corrected chi connectivity index (χ4v) is 3.78. The van der Waals surface area contributed by atoms with Crippen LogP contribution in [0.1, 0.15) is 37.3 Å². The summed E-state index contributed by atoms with van der Waals surface area (Å²) < 4.78 is 1.11. The summed E-state index contributed by atoms with van der Waals surface area (Å²) in [7, 11) is 6.63. The maximum absolute atomic E-state index is 6.35. The molecule has 4 heteroatoms. The van der Waals surface area contributed by atoms with Crippen LogP contribution in [0.3, 0.4) is 0 Å². The van der Waals surface area contributed by atoms with Crippen molar-refractivity contribution in [2.24, 2.45) is 5.73 Å². The lowest BCUT2D eigenvalue weighted by Crippen LogP contribution is -2.56. The van der Waals surface area contributed by atoms with Crippen molar-refractivity contribution in [1.29, 1.82) is 0 Å². The number of nitrogens with zero attached hydrogens (tertiary/aromatic N) is 2. The third-order valence-corrected chi connectivity index (χ3v) is 5.65. The quantitative estimate of drug-likeness (QED) is 0.816. The third-order valence-electron chi connectivity index (χ3n) is 4.92. The molecule has 0 saturated heterocycles. The monoisotopic (exact) mass is 353 g/mol. The van der Waals surface area contributed by atoms with Gasteiger partial charge >= 0.3 is 0 Å². The largest absolute Gasteiger partial charge is 0.324 e. The molecule has 0 aliphatic heterocycles. The van der Waals surface area contributed by atoms with Gasteiger partial charge in [-0.05, 0) is 65.0 Å². The topological polar surface area (TPSA) is 32.5 Å². The molecule has 2 rings (SSSR count). The molecule has 0 bridgehead atoms. The number of hydrogen-bond acceptors (Lipinski definition) is 3. The second kappa shape index (κ2) is 7.23. The zero-order valence-electron chi connectivity index (χ0n) is 13.5. The molecule has 1 aromatic carbocycles. The number of likely N-dealkylation sites (N-methyl/N-ethyl adjacent to an activating group) is 2. The van der Waals surface area contributed by atoms with Gasteiger partial charge in [-0.2, -0.15) is 0 Å². The second-order valence-corrected chi connectivity index (χ2v) is 7.48. The Labute approximate surface area is 137 Å². The highest BCUT2D eigenvalue weighted by Crippen LogP contribution is 2.36. The molecule has 118 valence electrons. The van der Waals surface area contributed by atoms with Gasteiger partial charge in [0.15, 0.2) is 0 Å². The van der Waals surface area contributed by atoms with Gasteiger partial charge in [0.05, 0.1) is 0 Å². The highest BCUT2D eigenvalue weighted by atomic mass is 79.9. The summed E-state index contributed by atoms with van der Waals surface area (Å²) in [6.07, 6.45) is 4.99. The van der Waals surface area contributed by atoms with Gasteiger partial charge in [0.2, 0.25) is 0 Å². The number of halogens is 1. The van der Waals surface area contributed by atoms with Crippen molar-refractivity contribution in [3.63, 3.8) is 0 Å². The normalized spacial score (nSPS) is 18.8. The molecule has 1 aliphatic rings. The lowest BCUT2D eigenvalue weighted by atomic mass is 9.75. The van der Waals surface area contributed by atoms with E-state index in [1.165, 1.54) is 24.8 Å². The molecule has 21 heavy (non-hydrogen) atoms. The van der Waals surface area contributed by atoms with Crippen molar-refractivity contribution in [2.45, 2.75) is 37.3 Å². The molecule has 2 N–H and O–H groups in total. The SMILES string of the molecule is CN(CCC(N)c1ccccc1Br)CC1(N(C)C)CCC1. The number of benzene rings is 1. The van der Waals surface area contributed by atoms with Gasteiger partial charge in [-0.3, -0.25) is 0 Å². The summed E-state index contributed by atoms with van der Waals surface area (Å²) in [6.45, 7) is 2.18. The van der Waals surface area contributed by atoms with E-state index in [9.17, 15) is 0 Å². The Kier molecular flexibility index (Phi) is 5.83. The molecule has 0 spiro atoms. The molecule has 0 heterocycles. The number of rotatable bonds is 7. The predicted octanol–water partition coefficient (Wildman–Crippen LogP) is 3.26. The highest BCUT2D eigenvalue weighted by Gasteiger charge is 2.39. The van der Waals surface area contributed by atoms with Crippen LogP contribution in [-0.2, 0) is 0 Å². The van der Waals surface area contributed by atoms with E-state index in [1.807, 2.05) is 6.07 Å². The van der Waals surface area contributed by atoms with Gasteiger partial charge in [0.25, 0.3) is 0 Å². The number of nitrogens with two attached hydrogens (primary N) is 1. The minimum Gasteiger partial charge on any atom is -0.324 e. The van der Waals surface area contributed by atoms with Crippen LogP contribution in [0.2, 0.25) is 0 Å². The summed E-state index contributed by atoms with van der Waals surface area (Å²) in [6, 6.07) is 8.36. The molecule has 0 aromatic heterocycles. The van der Waals surface area contributed by atoms with Crippen molar-refractivity contribution >= 4 is 15.9 Å². The lowest BCUT2D eigenvalue weighted by Gasteiger charge is -2.49. The molecular formula is C17H28BrN3. The minimum absolute atomic E-state index is 0.0970. The van der Waals surface area contributed by atoms with Gasteiger partial charge in [0.1, 0.15) is 0 Å². The molecule has 0 radical (unpaired) electrons. The van der Waals surface area contributed by atoms with Crippen LogP contribution in [0.25, 0.3) is 0 Å². The fourth-order valence-electron chi connectivity index (χ4n) is 3.20. The maximum Gasteiger partial charge on any atom is 0.0330 e. The van der Waals surface area contributed by atoms with Crippen LogP contribution in [-0.4, -0.2) is 49.6 Å². The first kappa shape index (κ1) is 16.9. The van der Waals surface area contributed by atoms with Crippen LogP contribution < -0.4 is 5.73 Å². The molecule has 1 aromatic rings. The maximum atomic E-state index is 6.35. The van der Waals surface area contributed by atoms with Crippen molar-refractivity contribution in [1.82, 2.24) is 9.80 Å². The van der Waals surface area contributed by atoms with E-state index in [4.69, 9.17) is 5.73 Å². The summed E-state index contributed by atoms with van der Waals surface area (Å²) in [5.74, 6) is 0. The van der Waals surface area contributed by atoms with E-state index < -0.39 is 0 Å². The Morgan fingerprint density at radius 1 is 1.24 bits per heavy atom. The zero-order valence-corrected chi connectivity index (χ0v) is 15.1. The second-order valence-electron chi connectivity index (χ2n) is 6.63. The van der Waals surface area contributed by atoms with E-state index in [0.717, 1.165) is 24.0 Å². The Balaban J connectivity index is 1.84. The van der Waals surface area contributed by atoms with Crippen LogP contribution in [0.4, 0.5) is 0 Å². The molecule has 3 nitrogen and oxygen atoms in total. The third kappa shape index (κ3) is 4.07. The Morgan fingerprint density at radius 2 is 1.90 bits per heavy atom. The molecule has 0 amide bonds. The van der Waals surface area contributed by atoms with E-state index in [1.54, 1.807) is 0 Å². The first-order valence-electron chi connectivity index (χ1n) is 7.80. The van der Waals surface area contributed by atoms with Gasteiger partial charge in [-0.15, -0.1) is 0 Å². The average molecular weight is 354 g/mol.